The Morgan fingerprint density at radius 3 is 2.75 bits per heavy atom. The Balaban J connectivity index is 1.63. The van der Waals surface area contributed by atoms with Gasteiger partial charge in [-0.15, -0.1) is 0 Å². The topological polar surface area (TPSA) is 27.6 Å². The third kappa shape index (κ3) is 2.41. The van der Waals surface area contributed by atoms with Crippen molar-refractivity contribution in [3.8, 4) is 0 Å². The van der Waals surface area contributed by atoms with E-state index in [1.807, 2.05) is 0 Å². The fraction of sp³-hybridized carbons (Fsp3) is 0.588. The van der Waals surface area contributed by atoms with Crippen molar-refractivity contribution in [2.75, 3.05) is 26.7 Å². The molecule has 1 aromatic carbocycles. The molecular weight excluding hydrogens is 246 g/mol. The summed E-state index contributed by atoms with van der Waals surface area (Å²) in [5, 5.41) is 3.56. The second kappa shape index (κ2) is 5.12. The molecule has 0 radical (unpaired) electrons. The summed E-state index contributed by atoms with van der Waals surface area (Å²) in [4.78, 5) is 6.82. The van der Waals surface area contributed by atoms with Gasteiger partial charge in [0.05, 0.1) is 0 Å². The molecule has 20 heavy (non-hydrogen) atoms. The van der Waals surface area contributed by atoms with Crippen LogP contribution < -0.4 is 5.32 Å². The van der Waals surface area contributed by atoms with Crippen molar-refractivity contribution >= 4 is 5.96 Å². The van der Waals surface area contributed by atoms with Gasteiger partial charge >= 0.3 is 0 Å². The molecule has 1 aliphatic carbocycles. The highest BCUT2D eigenvalue weighted by molar-refractivity contribution is 5.80. The average molecular weight is 271 g/mol. The number of hydrogen-bond donors (Lipinski definition) is 1. The summed E-state index contributed by atoms with van der Waals surface area (Å²) in [6.07, 6.45) is 1.17. The van der Waals surface area contributed by atoms with E-state index in [-0.39, 0.29) is 0 Å². The number of nitrogens with one attached hydrogen (secondary N) is 1. The zero-order valence-electron chi connectivity index (χ0n) is 12.8. The fourth-order valence-electron chi connectivity index (χ4n) is 3.56. The van der Waals surface area contributed by atoms with Gasteiger partial charge in [-0.3, -0.25) is 4.99 Å². The van der Waals surface area contributed by atoms with Gasteiger partial charge in [-0.1, -0.05) is 44.2 Å². The van der Waals surface area contributed by atoms with Crippen molar-refractivity contribution in [2.45, 2.75) is 26.2 Å². The monoisotopic (exact) mass is 271 g/mol. The third-order valence-electron chi connectivity index (χ3n) is 4.96. The minimum Gasteiger partial charge on any atom is -0.356 e. The van der Waals surface area contributed by atoms with Crippen LogP contribution in [0.3, 0.4) is 0 Å². The second-order valence-corrected chi connectivity index (χ2v) is 6.68. The van der Waals surface area contributed by atoms with E-state index >= 15 is 0 Å². The van der Waals surface area contributed by atoms with E-state index in [1.54, 1.807) is 0 Å². The van der Waals surface area contributed by atoms with Crippen molar-refractivity contribution in [1.29, 1.82) is 0 Å². The van der Waals surface area contributed by atoms with Gasteiger partial charge in [-0.25, -0.2) is 0 Å². The van der Waals surface area contributed by atoms with E-state index in [4.69, 9.17) is 0 Å². The zero-order valence-corrected chi connectivity index (χ0v) is 12.8. The highest BCUT2D eigenvalue weighted by Crippen LogP contribution is 2.63. The maximum atomic E-state index is 4.59. The fourth-order valence-corrected chi connectivity index (χ4v) is 3.56. The van der Waals surface area contributed by atoms with Gasteiger partial charge < -0.3 is 10.2 Å². The third-order valence-corrected chi connectivity index (χ3v) is 4.96. The summed E-state index contributed by atoms with van der Waals surface area (Å²) < 4.78 is 0. The highest BCUT2D eigenvalue weighted by Gasteiger charge is 2.57. The molecule has 0 bridgehead atoms. The molecule has 0 aromatic heterocycles. The quantitative estimate of drug-likeness (QED) is 0.915. The summed E-state index contributed by atoms with van der Waals surface area (Å²) in [6.45, 7) is 7.85. The van der Waals surface area contributed by atoms with Gasteiger partial charge in [0.25, 0.3) is 0 Å². The first-order chi connectivity index (χ1) is 9.60. The predicted octanol–water partition coefficient (Wildman–Crippen LogP) is 2.71. The van der Waals surface area contributed by atoms with E-state index in [2.05, 4.69) is 66.4 Å². The summed E-state index contributed by atoms with van der Waals surface area (Å²) in [5.41, 5.74) is 1.87. The second-order valence-electron chi connectivity index (χ2n) is 6.68. The average Bonchev–Trinajstić information content (AvgIpc) is 3.00. The molecule has 2 aliphatic rings. The van der Waals surface area contributed by atoms with Crippen LogP contribution in [0.15, 0.2) is 35.3 Å². The lowest BCUT2D eigenvalue weighted by Gasteiger charge is -2.25. The smallest absolute Gasteiger partial charge is 0.193 e. The van der Waals surface area contributed by atoms with Crippen LogP contribution in [0.4, 0.5) is 0 Å². The molecule has 1 aromatic rings. The summed E-state index contributed by atoms with van der Waals surface area (Å²) in [6, 6.07) is 10.9. The van der Waals surface area contributed by atoms with E-state index in [0.29, 0.717) is 17.3 Å². The first-order valence-electron chi connectivity index (χ1n) is 7.65. The SMILES string of the molecule is CN1CCCN=C1NC[C@@H]1[C@@H](c2ccccc2)C1(C)C. The molecule has 3 rings (SSSR count). The standard InChI is InChI=1S/C17H25N3/c1-17(2)14(15(17)13-8-5-4-6-9-13)12-19-16-18-10-7-11-20(16)3/h4-6,8-9,14-15H,7,10-12H2,1-3H3,(H,18,19)/t14-,15-/m1/s1. The van der Waals surface area contributed by atoms with Gasteiger partial charge in [0, 0.05) is 26.7 Å². The Bertz CT molecular complexity index is 492. The minimum absolute atomic E-state index is 0.391. The van der Waals surface area contributed by atoms with Gasteiger partial charge in [0.1, 0.15) is 0 Å². The van der Waals surface area contributed by atoms with Crippen LogP contribution in [-0.4, -0.2) is 37.5 Å². The van der Waals surface area contributed by atoms with Gasteiger partial charge in [-0.2, -0.15) is 0 Å². The van der Waals surface area contributed by atoms with Gasteiger partial charge in [-0.05, 0) is 29.2 Å². The van der Waals surface area contributed by atoms with Crippen LogP contribution in [0.1, 0.15) is 31.7 Å². The number of benzene rings is 1. The van der Waals surface area contributed by atoms with Crippen LogP contribution in [0.2, 0.25) is 0 Å². The lowest BCUT2D eigenvalue weighted by Crippen LogP contribution is -2.43. The number of nitrogens with zero attached hydrogens (tertiary/aromatic N) is 2. The van der Waals surface area contributed by atoms with Crippen LogP contribution >= 0.6 is 0 Å². The molecule has 0 unspecified atom stereocenters. The molecule has 1 N–H and O–H groups in total. The van der Waals surface area contributed by atoms with Gasteiger partial charge in [0.2, 0.25) is 0 Å². The van der Waals surface area contributed by atoms with Crippen LogP contribution in [-0.2, 0) is 0 Å². The van der Waals surface area contributed by atoms with Crippen LogP contribution in [0.5, 0.6) is 0 Å². The summed E-state index contributed by atoms with van der Waals surface area (Å²) >= 11 is 0. The Morgan fingerprint density at radius 2 is 2.05 bits per heavy atom. The van der Waals surface area contributed by atoms with E-state index in [9.17, 15) is 0 Å². The lowest BCUT2D eigenvalue weighted by atomic mass is 10.0. The van der Waals surface area contributed by atoms with Crippen molar-refractivity contribution in [2.24, 2.45) is 16.3 Å². The molecule has 3 nitrogen and oxygen atoms in total. The first-order valence-corrected chi connectivity index (χ1v) is 7.65. The van der Waals surface area contributed by atoms with E-state index in [1.165, 1.54) is 12.0 Å². The lowest BCUT2D eigenvalue weighted by molar-refractivity contribution is 0.439. The molecular formula is C17H25N3. The Hall–Kier alpha value is -1.51. The Labute approximate surface area is 122 Å². The highest BCUT2D eigenvalue weighted by atomic mass is 15.3. The zero-order chi connectivity index (χ0) is 14.2. The molecule has 1 saturated carbocycles. The predicted molar refractivity (Wildman–Crippen MR) is 84.0 cm³/mol. The van der Waals surface area contributed by atoms with E-state index in [0.717, 1.165) is 25.6 Å². The normalized spacial score (nSPS) is 27.9. The van der Waals surface area contributed by atoms with E-state index < -0.39 is 0 Å². The van der Waals surface area contributed by atoms with Crippen LogP contribution in [0, 0.1) is 11.3 Å². The summed E-state index contributed by atoms with van der Waals surface area (Å²) in [5.74, 6) is 2.44. The Morgan fingerprint density at radius 1 is 1.30 bits per heavy atom. The first kappa shape index (κ1) is 13.5. The molecule has 1 fully saturated rings. The summed E-state index contributed by atoms with van der Waals surface area (Å²) in [7, 11) is 2.12. The Kier molecular flexibility index (Phi) is 3.45. The molecule has 2 atom stereocenters. The number of hydrogen-bond acceptors (Lipinski definition) is 3. The van der Waals surface area contributed by atoms with Gasteiger partial charge in [0.15, 0.2) is 5.96 Å². The number of guanidine groups is 1. The van der Waals surface area contributed by atoms with Crippen molar-refractivity contribution in [3.63, 3.8) is 0 Å². The molecule has 0 spiro atoms. The number of rotatable bonds is 3. The number of aliphatic imine (C=N–C) groups is 1. The molecule has 0 saturated heterocycles. The maximum Gasteiger partial charge on any atom is 0.193 e. The molecule has 3 heteroatoms. The van der Waals surface area contributed by atoms with Crippen molar-refractivity contribution in [3.05, 3.63) is 35.9 Å². The largest absolute Gasteiger partial charge is 0.356 e. The molecule has 108 valence electrons. The maximum absolute atomic E-state index is 4.59. The van der Waals surface area contributed by atoms with Crippen LogP contribution in [0.25, 0.3) is 0 Å². The molecule has 1 heterocycles. The van der Waals surface area contributed by atoms with Crippen molar-refractivity contribution in [1.82, 2.24) is 10.2 Å². The minimum atomic E-state index is 0.391. The molecule has 1 aliphatic heterocycles. The van der Waals surface area contributed by atoms with Crippen molar-refractivity contribution < 1.29 is 0 Å². The molecule has 0 amide bonds.